The summed E-state index contributed by atoms with van der Waals surface area (Å²) >= 11 is 0. The van der Waals surface area contributed by atoms with Crippen molar-refractivity contribution < 1.29 is 14.3 Å². The molecule has 0 aliphatic heterocycles. The molecular weight excluding hydrogens is 472 g/mol. The van der Waals surface area contributed by atoms with Gasteiger partial charge in [0.15, 0.2) is 6.61 Å². The molecule has 0 aliphatic carbocycles. The summed E-state index contributed by atoms with van der Waals surface area (Å²) in [4.78, 5) is 28.9. The molecule has 1 N–H and O–H groups in total. The first-order chi connectivity index (χ1) is 18.0. The molecule has 38 heavy (non-hydrogen) atoms. The van der Waals surface area contributed by atoms with Gasteiger partial charge >= 0.3 is 0 Å². The summed E-state index contributed by atoms with van der Waals surface area (Å²) in [6.45, 7) is 13.3. The van der Waals surface area contributed by atoms with E-state index in [9.17, 15) is 9.59 Å². The molecule has 0 aromatic heterocycles. The predicted molar refractivity (Wildman–Crippen MR) is 154 cm³/mol. The summed E-state index contributed by atoms with van der Waals surface area (Å²) in [5.74, 6) is 0.547. The van der Waals surface area contributed by atoms with E-state index in [1.54, 1.807) is 4.90 Å². The highest BCUT2D eigenvalue weighted by Gasteiger charge is 2.30. The van der Waals surface area contributed by atoms with Crippen LogP contribution in [0.5, 0.6) is 5.75 Å². The number of hydrogen-bond acceptors (Lipinski definition) is 3. The Labute approximate surface area is 228 Å². The zero-order valence-electron chi connectivity index (χ0n) is 23.7. The molecule has 0 saturated heterocycles. The number of amides is 2. The molecule has 202 valence electrons. The van der Waals surface area contributed by atoms with Crippen LogP contribution in [-0.2, 0) is 28.0 Å². The average molecular weight is 515 g/mol. The van der Waals surface area contributed by atoms with Crippen molar-refractivity contribution in [3.8, 4) is 5.75 Å². The summed E-state index contributed by atoms with van der Waals surface area (Å²) in [5, 5.41) is 3.05. The van der Waals surface area contributed by atoms with Gasteiger partial charge in [-0.25, -0.2) is 0 Å². The quantitative estimate of drug-likeness (QED) is 0.337. The highest BCUT2D eigenvalue weighted by Crippen LogP contribution is 2.24. The van der Waals surface area contributed by atoms with Crippen molar-refractivity contribution in [2.75, 3.05) is 13.2 Å². The largest absolute Gasteiger partial charge is 0.484 e. The van der Waals surface area contributed by atoms with E-state index in [-0.39, 0.29) is 23.8 Å². The number of nitrogens with one attached hydrogen (secondary N) is 1. The summed E-state index contributed by atoms with van der Waals surface area (Å²) in [5.41, 5.74) is 4.34. The fourth-order valence-electron chi connectivity index (χ4n) is 4.15. The third kappa shape index (κ3) is 8.76. The molecule has 0 heterocycles. The Bertz CT molecular complexity index is 1160. The maximum atomic E-state index is 13.7. The number of hydrogen-bond donors (Lipinski definition) is 1. The van der Waals surface area contributed by atoms with E-state index in [0.29, 0.717) is 31.2 Å². The third-order valence-corrected chi connectivity index (χ3v) is 6.51. The molecule has 3 aromatic rings. The highest BCUT2D eigenvalue weighted by atomic mass is 16.5. The van der Waals surface area contributed by atoms with E-state index < -0.39 is 6.04 Å². The first-order valence-electron chi connectivity index (χ1n) is 13.4. The monoisotopic (exact) mass is 514 g/mol. The second-order valence-electron chi connectivity index (χ2n) is 11.4. The Kier molecular flexibility index (Phi) is 10.1. The minimum Gasteiger partial charge on any atom is -0.484 e. The number of ether oxygens (including phenoxy) is 1. The van der Waals surface area contributed by atoms with Crippen LogP contribution in [0.15, 0.2) is 78.9 Å². The first-order valence-corrected chi connectivity index (χ1v) is 13.4. The lowest BCUT2D eigenvalue weighted by Crippen LogP contribution is -2.52. The van der Waals surface area contributed by atoms with E-state index in [2.05, 4.69) is 39.9 Å². The molecule has 0 unspecified atom stereocenters. The van der Waals surface area contributed by atoms with Crippen molar-refractivity contribution in [3.63, 3.8) is 0 Å². The Morgan fingerprint density at radius 2 is 1.50 bits per heavy atom. The molecule has 1 atom stereocenters. The molecule has 0 aliphatic rings. The van der Waals surface area contributed by atoms with Crippen LogP contribution in [0.25, 0.3) is 0 Å². The molecule has 0 saturated carbocycles. The second kappa shape index (κ2) is 13.3. The fraction of sp³-hybridized carbons (Fsp3) is 0.394. The molecule has 0 radical (unpaired) electrons. The number of benzene rings is 3. The van der Waals surface area contributed by atoms with Gasteiger partial charge in [-0.15, -0.1) is 0 Å². The summed E-state index contributed by atoms with van der Waals surface area (Å²) < 4.78 is 5.93. The fourth-order valence-corrected chi connectivity index (χ4v) is 4.15. The molecule has 0 fully saturated rings. The molecule has 3 aromatic carbocycles. The first kappa shape index (κ1) is 29.0. The lowest BCUT2D eigenvalue weighted by atomic mass is 9.87. The number of nitrogens with zero attached hydrogens (tertiary/aromatic N) is 1. The van der Waals surface area contributed by atoms with E-state index >= 15 is 0 Å². The molecule has 0 spiro atoms. The molecule has 5 heteroatoms. The van der Waals surface area contributed by atoms with Crippen LogP contribution in [0, 0.1) is 12.8 Å². The van der Waals surface area contributed by atoms with Crippen molar-refractivity contribution in [3.05, 3.63) is 101 Å². The van der Waals surface area contributed by atoms with Gasteiger partial charge in [0, 0.05) is 19.5 Å². The van der Waals surface area contributed by atoms with Crippen molar-refractivity contribution in [1.29, 1.82) is 0 Å². The molecule has 5 nitrogen and oxygen atoms in total. The summed E-state index contributed by atoms with van der Waals surface area (Å²) in [7, 11) is 0. The van der Waals surface area contributed by atoms with Gasteiger partial charge < -0.3 is 15.0 Å². The van der Waals surface area contributed by atoms with Crippen LogP contribution in [0.3, 0.4) is 0 Å². The van der Waals surface area contributed by atoms with Crippen molar-refractivity contribution >= 4 is 11.8 Å². The van der Waals surface area contributed by atoms with Crippen molar-refractivity contribution in [2.24, 2.45) is 5.92 Å². The van der Waals surface area contributed by atoms with Crippen LogP contribution < -0.4 is 10.1 Å². The summed E-state index contributed by atoms with van der Waals surface area (Å²) in [6.07, 6.45) is 0.419. The van der Waals surface area contributed by atoms with Gasteiger partial charge in [-0.05, 0) is 47.1 Å². The molecule has 0 bridgehead atoms. The molecule has 3 rings (SSSR count). The maximum Gasteiger partial charge on any atom is 0.261 e. The number of carbonyl (C=O) groups excluding carboxylic acids is 2. The van der Waals surface area contributed by atoms with Crippen LogP contribution in [0.4, 0.5) is 0 Å². The summed E-state index contributed by atoms with van der Waals surface area (Å²) in [6, 6.07) is 25.1. The Balaban J connectivity index is 1.87. The molecule has 2 amide bonds. The van der Waals surface area contributed by atoms with Crippen molar-refractivity contribution in [1.82, 2.24) is 10.2 Å². The van der Waals surface area contributed by atoms with Gasteiger partial charge in [0.2, 0.25) is 5.91 Å². The van der Waals surface area contributed by atoms with Crippen molar-refractivity contribution in [2.45, 2.75) is 66.0 Å². The predicted octanol–water partition coefficient (Wildman–Crippen LogP) is 6.08. The Hall–Kier alpha value is -3.60. The van der Waals surface area contributed by atoms with Crippen LogP contribution >= 0.6 is 0 Å². The lowest BCUT2D eigenvalue weighted by molar-refractivity contribution is -0.142. The third-order valence-electron chi connectivity index (χ3n) is 6.51. The number of rotatable bonds is 11. The normalized spacial score (nSPS) is 12.2. The topological polar surface area (TPSA) is 58.6 Å². The maximum absolute atomic E-state index is 13.7. The zero-order valence-corrected chi connectivity index (χ0v) is 23.7. The smallest absolute Gasteiger partial charge is 0.261 e. The molecular formula is C33H42N2O3. The van der Waals surface area contributed by atoms with E-state index in [1.807, 2.05) is 85.8 Å². The van der Waals surface area contributed by atoms with Crippen LogP contribution in [0.2, 0.25) is 0 Å². The second-order valence-corrected chi connectivity index (χ2v) is 11.4. The Morgan fingerprint density at radius 3 is 2.08 bits per heavy atom. The zero-order chi connectivity index (χ0) is 27.7. The highest BCUT2D eigenvalue weighted by molar-refractivity contribution is 5.88. The van der Waals surface area contributed by atoms with E-state index in [4.69, 9.17) is 4.74 Å². The number of aryl methyl sites for hydroxylation is 1. The van der Waals surface area contributed by atoms with Gasteiger partial charge in [-0.3, -0.25) is 9.59 Å². The van der Waals surface area contributed by atoms with Crippen LogP contribution in [-0.4, -0.2) is 35.9 Å². The Morgan fingerprint density at radius 1 is 0.868 bits per heavy atom. The van der Waals surface area contributed by atoms with Gasteiger partial charge in [0.05, 0.1) is 0 Å². The minimum atomic E-state index is -0.670. The standard InChI is InChI=1S/C33H42N2O3/c1-24(2)21-34-32(37)30(20-26-10-8-7-9-11-26)35(22-27-14-12-25(3)13-15-27)31(36)23-38-29-18-16-28(17-19-29)33(4,5)6/h7-19,24,30H,20-23H2,1-6H3,(H,34,37)/t30-/m0/s1. The lowest BCUT2D eigenvalue weighted by Gasteiger charge is -2.31. The van der Waals surface area contributed by atoms with Gasteiger partial charge in [-0.1, -0.05) is 107 Å². The van der Waals surface area contributed by atoms with E-state index in [1.165, 1.54) is 5.56 Å². The van der Waals surface area contributed by atoms with E-state index in [0.717, 1.165) is 16.7 Å². The van der Waals surface area contributed by atoms with Gasteiger partial charge in [-0.2, -0.15) is 0 Å². The van der Waals surface area contributed by atoms with Gasteiger partial charge in [0.1, 0.15) is 11.8 Å². The average Bonchev–Trinajstić information content (AvgIpc) is 2.89. The number of carbonyl (C=O) groups is 2. The van der Waals surface area contributed by atoms with Crippen LogP contribution in [0.1, 0.15) is 56.9 Å². The van der Waals surface area contributed by atoms with Gasteiger partial charge in [0.25, 0.3) is 5.91 Å². The SMILES string of the molecule is Cc1ccc(CN(C(=O)COc2ccc(C(C)(C)C)cc2)[C@@H](Cc2ccccc2)C(=O)NCC(C)C)cc1. The minimum absolute atomic E-state index is 0.0349.